The molecule has 4 atom stereocenters. The maximum Gasteiger partial charge on any atom is 0.255 e. The second-order valence-corrected chi connectivity index (χ2v) is 9.96. The zero-order valence-electron chi connectivity index (χ0n) is 21.1. The predicted octanol–water partition coefficient (Wildman–Crippen LogP) is 0.0103. The van der Waals surface area contributed by atoms with Crippen LogP contribution >= 0.6 is 0 Å². The average Bonchev–Trinajstić information content (AvgIpc) is 2.80. The minimum atomic E-state index is -2.68. The summed E-state index contributed by atoms with van der Waals surface area (Å²) in [5, 5.41) is 48.7. The van der Waals surface area contributed by atoms with E-state index in [-0.39, 0.29) is 35.3 Å². The van der Waals surface area contributed by atoms with E-state index < -0.39 is 58.0 Å². The number of phenolic OH excluding ortho intramolecular Hbond substituents is 1. The Bertz CT molecular complexity index is 1310. The molecule has 0 radical (unpaired) electrons. The van der Waals surface area contributed by atoms with E-state index >= 15 is 0 Å². The minimum Gasteiger partial charge on any atom is -0.508 e. The highest BCUT2D eigenvalue weighted by molar-refractivity contribution is 6.24. The number of nitrogens with zero attached hydrogens (tertiary/aromatic N) is 3. The van der Waals surface area contributed by atoms with Gasteiger partial charge in [-0.3, -0.25) is 19.3 Å². The van der Waals surface area contributed by atoms with E-state index in [2.05, 4.69) is 5.16 Å². The Morgan fingerprint density at radius 3 is 2.41 bits per heavy atom. The van der Waals surface area contributed by atoms with Crippen LogP contribution in [-0.4, -0.2) is 96.0 Å². The van der Waals surface area contributed by atoms with Crippen molar-refractivity contribution in [3.8, 4) is 5.75 Å². The maximum absolute atomic E-state index is 13.9. The molecule has 1 saturated carbocycles. The Kier molecular flexibility index (Phi) is 6.29. The van der Waals surface area contributed by atoms with E-state index in [0.29, 0.717) is 11.3 Å². The molecule has 12 heteroatoms. The molecular weight excluding hydrogens is 484 g/mol. The summed E-state index contributed by atoms with van der Waals surface area (Å²) >= 11 is 0. The molecule has 37 heavy (non-hydrogen) atoms. The van der Waals surface area contributed by atoms with Gasteiger partial charge in [0.25, 0.3) is 5.91 Å². The molecule has 0 aliphatic heterocycles. The van der Waals surface area contributed by atoms with Crippen LogP contribution in [0.3, 0.4) is 0 Å². The predicted molar refractivity (Wildman–Crippen MR) is 133 cm³/mol. The van der Waals surface area contributed by atoms with Gasteiger partial charge in [0.2, 0.25) is 5.78 Å². The molecule has 0 heterocycles. The summed E-state index contributed by atoms with van der Waals surface area (Å²) < 4.78 is 0. The molecule has 3 aliphatic carbocycles. The molecule has 0 saturated heterocycles. The number of aliphatic hydroxyl groups is 3. The topological polar surface area (TPSA) is 186 Å². The normalized spacial score (nSPS) is 27.4. The second-order valence-electron chi connectivity index (χ2n) is 9.96. The summed E-state index contributed by atoms with van der Waals surface area (Å²) in [6.07, 6.45) is 1.46. The zero-order valence-corrected chi connectivity index (χ0v) is 21.1. The Morgan fingerprint density at radius 2 is 1.86 bits per heavy atom. The molecule has 3 aliphatic rings. The largest absolute Gasteiger partial charge is 0.508 e. The lowest BCUT2D eigenvalue weighted by Crippen LogP contribution is -2.65. The van der Waals surface area contributed by atoms with Gasteiger partial charge in [0.1, 0.15) is 30.0 Å². The smallest absolute Gasteiger partial charge is 0.255 e. The maximum atomic E-state index is 13.9. The first kappa shape index (κ1) is 26.2. The lowest BCUT2D eigenvalue weighted by molar-refractivity contribution is -0.153. The SMILES string of the molecule is CON=Cc1cc(N(C)C)c2c(c1O)C(O)=C1C(=O)[C@]3(O)C(O)=C(C(N)=O)C(=O)[C@@H](N(C)C)[C@@H]3C[C@@H]1C2. The number of phenols is 1. The highest BCUT2D eigenvalue weighted by Crippen LogP contribution is 2.53. The monoisotopic (exact) mass is 514 g/mol. The first-order valence-corrected chi connectivity index (χ1v) is 11.6. The molecule has 4 rings (SSSR count). The number of ketones is 2. The van der Waals surface area contributed by atoms with Crippen molar-refractivity contribution in [2.75, 3.05) is 40.2 Å². The number of carbonyl (C=O) groups excluding carboxylic acids is 3. The van der Waals surface area contributed by atoms with Crippen molar-refractivity contribution in [1.82, 2.24) is 4.90 Å². The van der Waals surface area contributed by atoms with Crippen molar-refractivity contribution in [2.24, 2.45) is 22.7 Å². The molecule has 1 aromatic carbocycles. The van der Waals surface area contributed by atoms with E-state index in [4.69, 9.17) is 10.6 Å². The fourth-order valence-electron chi connectivity index (χ4n) is 5.92. The number of hydrogen-bond acceptors (Lipinski definition) is 11. The van der Waals surface area contributed by atoms with Crippen LogP contribution in [-0.2, 0) is 25.6 Å². The third-order valence-electron chi connectivity index (χ3n) is 7.51. The molecule has 1 aromatic rings. The number of likely N-dealkylation sites (N-methyl/N-ethyl adjacent to an activating group) is 1. The van der Waals surface area contributed by atoms with Gasteiger partial charge >= 0.3 is 0 Å². The van der Waals surface area contributed by atoms with Gasteiger partial charge in [-0.15, -0.1) is 0 Å². The summed E-state index contributed by atoms with van der Waals surface area (Å²) in [5.41, 5.74) is 3.00. The van der Waals surface area contributed by atoms with E-state index in [1.807, 2.05) is 0 Å². The number of aromatic hydroxyl groups is 1. The van der Waals surface area contributed by atoms with E-state index in [1.54, 1.807) is 39.2 Å². The van der Waals surface area contributed by atoms with Gasteiger partial charge < -0.3 is 35.9 Å². The fourth-order valence-corrected chi connectivity index (χ4v) is 5.92. The van der Waals surface area contributed by atoms with Gasteiger partial charge in [-0.1, -0.05) is 5.16 Å². The van der Waals surface area contributed by atoms with Gasteiger partial charge in [-0.25, -0.2) is 0 Å². The zero-order chi connectivity index (χ0) is 27.6. The number of amides is 1. The van der Waals surface area contributed by atoms with Crippen LogP contribution in [0.5, 0.6) is 5.75 Å². The van der Waals surface area contributed by atoms with Crippen LogP contribution in [0.2, 0.25) is 0 Å². The average molecular weight is 515 g/mol. The van der Waals surface area contributed by atoms with Crippen molar-refractivity contribution in [3.05, 3.63) is 39.7 Å². The van der Waals surface area contributed by atoms with Crippen LogP contribution in [0, 0.1) is 11.8 Å². The summed E-state index contributed by atoms with van der Waals surface area (Å²) in [6.45, 7) is 0. The number of Topliss-reactive ketones (excluding diaryl/α,β-unsaturated/α-hetero) is 2. The van der Waals surface area contributed by atoms with E-state index in [1.165, 1.54) is 18.2 Å². The second kappa shape index (κ2) is 8.89. The number of carbonyl (C=O) groups is 3. The van der Waals surface area contributed by atoms with E-state index in [0.717, 1.165) is 0 Å². The summed E-state index contributed by atoms with van der Waals surface area (Å²) in [4.78, 5) is 47.1. The third kappa shape index (κ3) is 3.58. The first-order chi connectivity index (χ1) is 17.3. The number of oxime groups is 1. The summed E-state index contributed by atoms with van der Waals surface area (Å²) in [6, 6.07) is 0.531. The number of hydrogen-bond donors (Lipinski definition) is 5. The minimum absolute atomic E-state index is 0.0138. The standard InChI is InChI=1S/C25H30N4O8/c1-28(2)14-8-11(9-27-37-5)19(30)16-12(14)6-10-7-13-18(29(3)4)21(32)17(24(26)35)23(34)25(13,36)22(33)15(10)20(16)31/h8-10,13,18,30-31,34,36H,6-7H2,1-5H3,(H2,26,35)/t10-,13-,18-,25-/m0/s1. The van der Waals surface area contributed by atoms with Gasteiger partial charge in [0.05, 0.1) is 17.8 Å². The molecule has 198 valence electrons. The van der Waals surface area contributed by atoms with Gasteiger partial charge in [-0.2, -0.15) is 0 Å². The van der Waals surface area contributed by atoms with Crippen molar-refractivity contribution >= 4 is 35.1 Å². The van der Waals surface area contributed by atoms with Crippen molar-refractivity contribution in [3.63, 3.8) is 0 Å². The molecule has 0 aromatic heterocycles. The highest BCUT2D eigenvalue weighted by Gasteiger charge is 2.64. The Morgan fingerprint density at radius 1 is 1.22 bits per heavy atom. The van der Waals surface area contributed by atoms with Crippen molar-refractivity contribution in [1.29, 1.82) is 0 Å². The number of fused-ring (bicyclic) bond motifs is 3. The van der Waals surface area contributed by atoms with Crippen LogP contribution in [0.25, 0.3) is 5.76 Å². The van der Waals surface area contributed by atoms with Gasteiger partial charge in [0.15, 0.2) is 11.4 Å². The van der Waals surface area contributed by atoms with Crippen molar-refractivity contribution < 1.29 is 39.6 Å². The third-order valence-corrected chi connectivity index (χ3v) is 7.51. The number of nitrogens with two attached hydrogens (primary N) is 1. The fraction of sp³-hybridized carbons (Fsp3) is 0.440. The van der Waals surface area contributed by atoms with Gasteiger partial charge in [-0.05, 0) is 44.5 Å². The Hall–Kier alpha value is -3.90. The lowest BCUT2D eigenvalue weighted by Gasteiger charge is -2.50. The first-order valence-electron chi connectivity index (χ1n) is 11.6. The van der Waals surface area contributed by atoms with Gasteiger partial charge in [0, 0.05) is 36.8 Å². The Labute approximate surface area is 212 Å². The Balaban J connectivity index is 2.01. The lowest BCUT2D eigenvalue weighted by atomic mass is 9.57. The molecule has 12 nitrogen and oxygen atoms in total. The van der Waals surface area contributed by atoms with Crippen LogP contribution in [0.1, 0.15) is 23.1 Å². The number of aliphatic hydroxyl groups excluding tert-OH is 2. The number of benzene rings is 1. The molecule has 0 bridgehead atoms. The van der Waals surface area contributed by atoms with Crippen LogP contribution in [0.15, 0.2) is 28.1 Å². The molecule has 1 fully saturated rings. The number of primary amides is 1. The summed E-state index contributed by atoms with van der Waals surface area (Å²) in [7, 11) is 8.00. The quantitative estimate of drug-likeness (QED) is 0.204. The summed E-state index contributed by atoms with van der Waals surface area (Å²) in [5.74, 6) is -6.95. The molecule has 1 amide bonds. The molecule has 0 spiro atoms. The van der Waals surface area contributed by atoms with Crippen molar-refractivity contribution in [2.45, 2.75) is 24.5 Å². The number of rotatable bonds is 5. The molecular formula is C25H30N4O8. The van der Waals surface area contributed by atoms with E-state index in [9.17, 15) is 34.8 Å². The highest BCUT2D eigenvalue weighted by atomic mass is 16.6. The molecule has 6 N–H and O–H groups in total. The number of anilines is 1. The molecule has 0 unspecified atom stereocenters. The van der Waals surface area contributed by atoms with Crippen LogP contribution in [0.4, 0.5) is 5.69 Å². The van der Waals surface area contributed by atoms with Crippen LogP contribution < -0.4 is 10.6 Å².